The van der Waals surface area contributed by atoms with E-state index in [-0.39, 0.29) is 0 Å². The summed E-state index contributed by atoms with van der Waals surface area (Å²) in [6, 6.07) is 64.0. The van der Waals surface area contributed by atoms with Gasteiger partial charge in [-0.2, -0.15) is 5.26 Å². The van der Waals surface area contributed by atoms with Crippen LogP contribution in [0.1, 0.15) is 5.56 Å². The molecule has 0 aliphatic rings. The second kappa shape index (κ2) is 12.0. The molecule has 4 heteroatoms. The molecule has 0 saturated carbocycles. The second-order valence-corrected chi connectivity index (χ2v) is 15.7. The second-order valence-electron chi connectivity index (χ2n) is 11.9. The van der Waals surface area contributed by atoms with Crippen molar-refractivity contribution in [2.24, 2.45) is 0 Å². The van der Waals surface area contributed by atoms with Crippen molar-refractivity contribution in [2.45, 2.75) is 0 Å². The van der Waals surface area contributed by atoms with Gasteiger partial charge in [0, 0.05) is 27.6 Å². The summed E-state index contributed by atoms with van der Waals surface area (Å²) in [6.45, 7) is 8.35. The molecule has 0 N–H and O–H groups in total. The van der Waals surface area contributed by atoms with Crippen LogP contribution in [-0.4, -0.2) is 12.6 Å². The van der Waals surface area contributed by atoms with Crippen LogP contribution in [0.4, 0.5) is 5.69 Å². The average Bonchev–Trinajstić information content (AvgIpc) is 3.50. The Morgan fingerprint density at radius 1 is 0.521 bits per heavy atom. The zero-order chi connectivity index (χ0) is 32.5. The number of hydrogen-bond acceptors (Lipinski definition) is 1. The minimum absolute atomic E-state index is 0.453. The van der Waals surface area contributed by atoms with Crippen LogP contribution >= 0.6 is 0 Å². The molecule has 0 radical (unpaired) electrons. The number of nitriles is 1. The molecule has 0 aliphatic heterocycles. The van der Waals surface area contributed by atoms with E-state index in [2.05, 4.69) is 167 Å². The number of para-hydroxylation sites is 2. The normalized spacial score (nSPS) is 11.3. The van der Waals surface area contributed by atoms with Crippen molar-refractivity contribution >= 4 is 56.3 Å². The van der Waals surface area contributed by atoms with Crippen LogP contribution in [0.15, 0.2) is 176 Å². The highest BCUT2D eigenvalue weighted by molar-refractivity contribution is 7.19. The standard InChI is InChI=1S/C44H29N3Si/c1-46-40-28-32(31-45)29-43(47-41-26-13-11-24-38(41)39-25-12-14-27-42(39)47)44(40)33-16-15-23-37(30-33)48(34-17-5-2-6-18-34,35-19-7-3-8-20-35)36-21-9-4-10-22-36/h2-30H. The van der Waals surface area contributed by atoms with Crippen LogP contribution in [0.3, 0.4) is 0 Å². The number of fused-ring (bicyclic) bond motifs is 3. The van der Waals surface area contributed by atoms with Gasteiger partial charge in [-0.05, 0) is 50.6 Å². The van der Waals surface area contributed by atoms with Crippen molar-refractivity contribution < 1.29 is 0 Å². The van der Waals surface area contributed by atoms with Crippen LogP contribution in [-0.2, 0) is 0 Å². The van der Waals surface area contributed by atoms with Gasteiger partial charge < -0.3 is 4.57 Å². The zero-order valence-electron chi connectivity index (χ0n) is 26.1. The highest BCUT2D eigenvalue weighted by Crippen LogP contribution is 2.41. The maximum Gasteiger partial charge on any atom is 0.198 e. The van der Waals surface area contributed by atoms with E-state index in [1.165, 1.54) is 20.7 Å². The predicted octanol–water partition coefficient (Wildman–Crippen LogP) is 8.25. The fraction of sp³-hybridized carbons (Fsp3) is 0. The zero-order valence-corrected chi connectivity index (χ0v) is 27.1. The van der Waals surface area contributed by atoms with Crippen molar-refractivity contribution in [1.82, 2.24) is 4.57 Å². The smallest absolute Gasteiger partial charge is 0.198 e. The van der Waals surface area contributed by atoms with Crippen LogP contribution in [0, 0.1) is 17.9 Å². The number of benzene rings is 7. The Bertz CT molecular complexity index is 2370. The van der Waals surface area contributed by atoms with Crippen LogP contribution < -0.4 is 20.7 Å². The highest BCUT2D eigenvalue weighted by atomic mass is 28.3. The molecule has 0 fully saturated rings. The monoisotopic (exact) mass is 627 g/mol. The lowest BCUT2D eigenvalue weighted by molar-refractivity contribution is 1.18. The van der Waals surface area contributed by atoms with E-state index < -0.39 is 8.07 Å². The van der Waals surface area contributed by atoms with Crippen molar-refractivity contribution in [3.63, 3.8) is 0 Å². The minimum atomic E-state index is -2.82. The third kappa shape index (κ3) is 4.55. The summed E-state index contributed by atoms with van der Waals surface area (Å²) in [4.78, 5) is 4.05. The summed E-state index contributed by atoms with van der Waals surface area (Å²) < 4.78 is 2.22. The molecule has 8 aromatic rings. The van der Waals surface area contributed by atoms with E-state index in [4.69, 9.17) is 6.57 Å². The fourth-order valence-corrected chi connectivity index (χ4v) is 12.2. The molecule has 224 valence electrons. The lowest BCUT2D eigenvalue weighted by Crippen LogP contribution is -2.74. The topological polar surface area (TPSA) is 33.1 Å². The lowest BCUT2D eigenvalue weighted by atomic mass is 9.99. The third-order valence-corrected chi connectivity index (χ3v) is 14.1. The summed E-state index contributed by atoms with van der Waals surface area (Å²) in [7, 11) is -2.82. The first kappa shape index (κ1) is 29.0. The quantitative estimate of drug-likeness (QED) is 0.104. The summed E-state index contributed by atoms with van der Waals surface area (Å²) in [6.07, 6.45) is 0. The molecule has 0 saturated heterocycles. The molecule has 8 rings (SSSR count). The van der Waals surface area contributed by atoms with Gasteiger partial charge in [-0.3, -0.25) is 0 Å². The molecule has 0 spiro atoms. The predicted molar refractivity (Wildman–Crippen MR) is 201 cm³/mol. The largest absolute Gasteiger partial charge is 0.310 e. The van der Waals surface area contributed by atoms with Crippen LogP contribution in [0.5, 0.6) is 0 Å². The van der Waals surface area contributed by atoms with Gasteiger partial charge in [-0.1, -0.05) is 152 Å². The number of hydrogen-bond donors (Lipinski definition) is 0. The molecule has 0 aliphatic carbocycles. The molecule has 48 heavy (non-hydrogen) atoms. The first-order valence-corrected chi connectivity index (χ1v) is 18.0. The molecule has 7 aromatic carbocycles. The van der Waals surface area contributed by atoms with Crippen molar-refractivity contribution in [3.05, 3.63) is 193 Å². The van der Waals surface area contributed by atoms with Gasteiger partial charge in [0.25, 0.3) is 0 Å². The average molecular weight is 628 g/mol. The van der Waals surface area contributed by atoms with E-state index >= 15 is 0 Å². The molecule has 0 bridgehead atoms. The highest BCUT2D eigenvalue weighted by Gasteiger charge is 2.41. The molecule has 1 heterocycles. The first-order valence-electron chi connectivity index (χ1n) is 16.0. The van der Waals surface area contributed by atoms with Gasteiger partial charge in [0.1, 0.15) is 0 Å². The Kier molecular flexibility index (Phi) is 7.27. The fourth-order valence-electron chi connectivity index (χ4n) is 7.39. The summed E-state index contributed by atoms with van der Waals surface area (Å²) in [5.74, 6) is 0. The van der Waals surface area contributed by atoms with E-state index in [0.717, 1.165) is 38.6 Å². The van der Waals surface area contributed by atoms with Crippen molar-refractivity contribution in [2.75, 3.05) is 0 Å². The van der Waals surface area contributed by atoms with E-state index in [1.807, 2.05) is 18.2 Å². The number of rotatable bonds is 6. The Hall–Kier alpha value is -6.46. The van der Waals surface area contributed by atoms with Gasteiger partial charge in [-0.15, -0.1) is 0 Å². The Morgan fingerprint density at radius 3 is 1.50 bits per heavy atom. The van der Waals surface area contributed by atoms with Gasteiger partial charge in [0.15, 0.2) is 13.8 Å². The van der Waals surface area contributed by atoms with Crippen LogP contribution in [0.2, 0.25) is 0 Å². The minimum Gasteiger partial charge on any atom is -0.310 e. The molecule has 1 aromatic heterocycles. The van der Waals surface area contributed by atoms with Gasteiger partial charge in [-0.25, -0.2) is 4.85 Å². The van der Waals surface area contributed by atoms with E-state index in [9.17, 15) is 5.26 Å². The summed E-state index contributed by atoms with van der Waals surface area (Å²) in [5, 5.41) is 17.5. The molecule has 0 unspecified atom stereocenters. The number of nitrogens with zero attached hydrogens (tertiary/aromatic N) is 3. The van der Waals surface area contributed by atoms with Crippen molar-refractivity contribution in [3.8, 4) is 22.9 Å². The SMILES string of the molecule is [C-]#[N+]c1cc(C#N)cc(-n2c3ccccc3c3ccccc32)c1-c1cccc([Si](c2ccccc2)(c2ccccc2)c2ccccc2)c1. The Morgan fingerprint density at radius 2 is 1.00 bits per heavy atom. The molecular weight excluding hydrogens is 599 g/mol. The Labute approximate surface area is 281 Å². The molecule has 3 nitrogen and oxygen atoms in total. The van der Waals surface area contributed by atoms with Gasteiger partial charge in [0.05, 0.1) is 23.7 Å². The van der Waals surface area contributed by atoms with Gasteiger partial charge in [0.2, 0.25) is 0 Å². The Balaban J connectivity index is 1.48. The lowest BCUT2D eigenvalue weighted by Gasteiger charge is -2.34. The molecule has 0 atom stereocenters. The molecule has 0 amide bonds. The summed E-state index contributed by atoms with van der Waals surface area (Å²) >= 11 is 0. The van der Waals surface area contributed by atoms with Crippen LogP contribution in [0.25, 0.3) is 43.5 Å². The van der Waals surface area contributed by atoms with E-state index in [0.29, 0.717) is 11.3 Å². The van der Waals surface area contributed by atoms with E-state index in [1.54, 1.807) is 6.07 Å². The van der Waals surface area contributed by atoms with Crippen molar-refractivity contribution in [1.29, 1.82) is 5.26 Å². The number of aromatic nitrogens is 1. The maximum atomic E-state index is 10.1. The summed E-state index contributed by atoms with van der Waals surface area (Å²) in [5.41, 5.74) is 5.55. The third-order valence-electron chi connectivity index (χ3n) is 9.37. The molecular formula is C44H29N3Si. The maximum absolute atomic E-state index is 10.1. The first-order chi connectivity index (χ1) is 23.7. The van der Waals surface area contributed by atoms with Gasteiger partial charge >= 0.3 is 0 Å².